The first-order chi connectivity index (χ1) is 12.1. The fourth-order valence-electron chi connectivity index (χ4n) is 3.80. The van der Waals surface area contributed by atoms with E-state index < -0.39 is 0 Å². The normalized spacial score (nSPS) is 24.4. The van der Waals surface area contributed by atoms with Crippen LogP contribution < -0.4 is 9.47 Å². The van der Waals surface area contributed by atoms with Crippen LogP contribution in [0.1, 0.15) is 31.4 Å². The van der Waals surface area contributed by atoms with Crippen molar-refractivity contribution in [2.45, 2.75) is 31.9 Å². The van der Waals surface area contributed by atoms with Gasteiger partial charge in [-0.25, -0.2) is 0 Å². The second kappa shape index (κ2) is 8.06. The van der Waals surface area contributed by atoms with E-state index in [9.17, 15) is 4.79 Å². The summed E-state index contributed by atoms with van der Waals surface area (Å²) < 4.78 is 16.4. The molecule has 2 aliphatic rings. The molecule has 2 saturated heterocycles. The summed E-state index contributed by atoms with van der Waals surface area (Å²) >= 11 is 0. The van der Waals surface area contributed by atoms with Crippen molar-refractivity contribution in [2.75, 3.05) is 47.0 Å². The van der Waals surface area contributed by atoms with Crippen molar-refractivity contribution < 1.29 is 19.0 Å². The van der Waals surface area contributed by atoms with E-state index in [4.69, 9.17) is 14.2 Å². The number of hydrogen-bond donors (Lipinski definition) is 0. The lowest BCUT2D eigenvalue weighted by atomic mass is 10.0. The summed E-state index contributed by atoms with van der Waals surface area (Å²) in [6, 6.07) is 5.92. The molecule has 0 N–H and O–H groups in total. The molecule has 0 saturated carbocycles. The third kappa shape index (κ3) is 4.07. The van der Waals surface area contributed by atoms with Crippen LogP contribution in [0.4, 0.5) is 0 Å². The Hall–Kier alpha value is -1.79. The minimum absolute atomic E-state index is 0.0758. The molecule has 1 aromatic rings. The number of rotatable bonds is 5. The third-order valence-electron chi connectivity index (χ3n) is 5.06. The average Bonchev–Trinajstić information content (AvgIpc) is 3.10. The summed E-state index contributed by atoms with van der Waals surface area (Å²) in [5.41, 5.74) is 1.06. The van der Waals surface area contributed by atoms with Crippen LogP contribution in [0.3, 0.4) is 0 Å². The Morgan fingerprint density at radius 2 is 2.12 bits per heavy atom. The maximum Gasteiger partial charge on any atom is 0.237 e. The molecule has 25 heavy (non-hydrogen) atoms. The molecule has 1 aromatic carbocycles. The lowest BCUT2D eigenvalue weighted by molar-refractivity contribution is -0.135. The van der Waals surface area contributed by atoms with Gasteiger partial charge in [0, 0.05) is 31.3 Å². The zero-order valence-electron chi connectivity index (χ0n) is 15.4. The molecule has 0 radical (unpaired) electrons. The maximum absolute atomic E-state index is 12.9. The van der Waals surface area contributed by atoms with Crippen LogP contribution in [-0.2, 0) is 9.53 Å². The van der Waals surface area contributed by atoms with Gasteiger partial charge in [-0.1, -0.05) is 0 Å². The van der Waals surface area contributed by atoms with Crippen LogP contribution in [-0.4, -0.2) is 68.8 Å². The first-order valence-corrected chi connectivity index (χ1v) is 8.97. The zero-order valence-corrected chi connectivity index (χ0v) is 15.4. The molecular weight excluding hydrogens is 320 g/mol. The molecule has 0 aliphatic carbocycles. The average molecular weight is 348 g/mol. The molecule has 6 heteroatoms. The first kappa shape index (κ1) is 18.0. The predicted molar refractivity (Wildman–Crippen MR) is 95.1 cm³/mol. The SMILES string of the molecule is COc1ccc([C@@H]2CCCN2C(=O)CN2CCO[C@H](C)C2)c(OC)c1. The van der Waals surface area contributed by atoms with Crippen LogP contribution in [0.25, 0.3) is 0 Å². The molecular formula is C19H28N2O4. The molecule has 2 aliphatic heterocycles. The standard InChI is InChI=1S/C19H28N2O4/c1-14-12-20(9-10-25-14)13-19(22)21-8-4-5-17(21)16-7-6-15(23-2)11-18(16)24-3/h6-7,11,14,17H,4-5,8-10,12-13H2,1-3H3/t14-,17+/m1/s1. The molecule has 6 nitrogen and oxygen atoms in total. The number of methoxy groups -OCH3 is 2. The largest absolute Gasteiger partial charge is 0.497 e. The Labute approximate surface area is 149 Å². The fourth-order valence-corrected chi connectivity index (χ4v) is 3.80. The molecule has 0 spiro atoms. The molecule has 2 fully saturated rings. The van der Waals surface area contributed by atoms with Crippen LogP contribution in [0.15, 0.2) is 18.2 Å². The monoisotopic (exact) mass is 348 g/mol. The topological polar surface area (TPSA) is 51.2 Å². The Kier molecular flexibility index (Phi) is 5.81. The highest BCUT2D eigenvalue weighted by Crippen LogP contribution is 2.38. The van der Waals surface area contributed by atoms with Crippen molar-refractivity contribution in [1.29, 1.82) is 0 Å². The van der Waals surface area contributed by atoms with Crippen molar-refractivity contribution in [2.24, 2.45) is 0 Å². The van der Waals surface area contributed by atoms with Crippen molar-refractivity contribution >= 4 is 5.91 Å². The highest BCUT2D eigenvalue weighted by Gasteiger charge is 2.33. The molecule has 0 bridgehead atoms. The second-order valence-corrected chi connectivity index (χ2v) is 6.77. The van der Waals surface area contributed by atoms with Gasteiger partial charge in [0.15, 0.2) is 0 Å². The highest BCUT2D eigenvalue weighted by molar-refractivity contribution is 5.79. The third-order valence-corrected chi connectivity index (χ3v) is 5.06. The summed E-state index contributed by atoms with van der Waals surface area (Å²) in [5, 5.41) is 0. The van der Waals surface area contributed by atoms with Crippen LogP contribution in [0, 0.1) is 0 Å². The minimum atomic E-state index is 0.0758. The van der Waals surface area contributed by atoms with Crippen molar-refractivity contribution in [1.82, 2.24) is 9.80 Å². The van der Waals surface area contributed by atoms with Gasteiger partial charge in [0.05, 0.1) is 39.5 Å². The Morgan fingerprint density at radius 1 is 1.28 bits per heavy atom. The Bertz CT molecular complexity index is 607. The summed E-state index contributed by atoms with van der Waals surface area (Å²) in [6.07, 6.45) is 2.18. The first-order valence-electron chi connectivity index (χ1n) is 8.97. The Balaban J connectivity index is 1.72. The van der Waals surface area contributed by atoms with Crippen molar-refractivity contribution in [3.05, 3.63) is 23.8 Å². The van der Waals surface area contributed by atoms with Crippen LogP contribution in [0.5, 0.6) is 11.5 Å². The van der Waals surface area contributed by atoms with Gasteiger partial charge in [0.25, 0.3) is 0 Å². The van der Waals surface area contributed by atoms with E-state index in [-0.39, 0.29) is 18.1 Å². The highest BCUT2D eigenvalue weighted by atomic mass is 16.5. The number of ether oxygens (including phenoxy) is 3. The van der Waals surface area contributed by atoms with Gasteiger partial charge < -0.3 is 19.1 Å². The number of benzene rings is 1. The van der Waals surface area contributed by atoms with E-state index in [0.29, 0.717) is 13.2 Å². The smallest absolute Gasteiger partial charge is 0.237 e. The zero-order chi connectivity index (χ0) is 17.8. The molecule has 2 heterocycles. The maximum atomic E-state index is 12.9. The number of carbonyl (C=O) groups is 1. The van der Waals surface area contributed by atoms with Crippen molar-refractivity contribution in [3.8, 4) is 11.5 Å². The predicted octanol–water partition coefficient (Wildman–Crippen LogP) is 2.09. The number of amides is 1. The van der Waals surface area contributed by atoms with Gasteiger partial charge in [0.1, 0.15) is 11.5 Å². The van der Waals surface area contributed by atoms with Crippen molar-refractivity contribution in [3.63, 3.8) is 0 Å². The summed E-state index contributed by atoms with van der Waals surface area (Å²) in [4.78, 5) is 17.1. The molecule has 1 amide bonds. The van der Waals surface area contributed by atoms with E-state index in [1.165, 1.54) is 0 Å². The van der Waals surface area contributed by atoms with Crippen LogP contribution in [0.2, 0.25) is 0 Å². The lowest BCUT2D eigenvalue weighted by Crippen LogP contribution is -2.47. The number of morpholine rings is 1. The van der Waals surface area contributed by atoms with Crippen LogP contribution >= 0.6 is 0 Å². The molecule has 138 valence electrons. The summed E-state index contributed by atoms with van der Waals surface area (Å²) in [7, 11) is 3.30. The second-order valence-electron chi connectivity index (χ2n) is 6.77. The lowest BCUT2D eigenvalue weighted by Gasteiger charge is -2.33. The van der Waals surface area contributed by atoms with Gasteiger partial charge in [-0.05, 0) is 31.9 Å². The number of likely N-dealkylation sites (tertiary alicyclic amines) is 1. The number of nitrogens with zero attached hydrogens (tertiary/aromatic N) is 2. The molecule has 0 aromatic heterocycles. The quantitative estimate of drug-likeness (QED) is 0.816. The van der Waals surface area contributed by atoms with Gasteiger partial charge >= 0.3 is 0 Å². The number of hydrogen-bond acceptors (Lipinski definition) is 5. The molecule has 3 rings (SSSR count). The van der Waals surface area contributed by atoms with E-state index in [1.807, 2.05) is 23.1 Å². The summed E-state index contributed by atoms with van der Waals surface area (Å²) in [5.74, 6) is 1.73. The van der Waals surface area contributed by atoms with E-state index in [0.717, 1.165) is 49.5 Å². The summed E-state index contributed by atoms with van der Waals surface area (Å²) in [6.45, 7) is 5.65. The van der Waals surface area contributed by atoms with Gasteiger partial charge in [-0.15, -0.1) is 0 Å². The van der Waals surface area contributed by atoms with E-state index in [1.54, 1.807) is 14.2 Å². The Morgan fingerprint density at radius 3 is 2.84 bits per heavy atom. The van der Waals surface area contributed by atoms with E-state index in [2.05, 4.69) is 11.8 Å². The van der Waals surface area contributed by atoms with E-state index >= 15 is 0 Å². The fraction of sp³-hybridized carbons (Fsp3) is 0.632. The van der Waals surface area contributed by atoms with Gasteiger partial charge in [-0.2, -0.15) is 0 Å². The van der Waals surface area contributed by atoms with Gasteiger partial charge in [-0.3, -0.25) is 9.69 Å². The minimum Gasteiger partial charge on any atom is -0.497 e. The molecule has 2 atom stereocenters. The number of carbonyl (C=O) groups excluding carboxylic acids is 1. The van der Waals surface area contributed by atoms with Gasteiger partial charge in [0.2, 0.25) is 5.91 Å². The molecule has 0 unspecified atom stereocenters.